The van der Waals surface area contributed by atoms with Crippen molar-refractivity contribution < 1.29 is 23.5 Å². The number of benzene rings is 2. The van der Waals surface area contributed by atoms with Crippen molar-refractivity contribution in [2.75, 3.05) is 18.7 Å². The van der Waals surface area contributed by atoms with Gasteiger partial charge in [-0.25, -0.2) is 9.38 Å². The Balaban J connectivity index is 1.57. The van der Waals surface area contributed by atoms with E-state index < -0.39 is 47.1 Å². The molecule has 226 valence electrons. The molecule has 43 heavy (non-hydrogen) atoms. The van der Waals surface area contributed by atoms with Crippen molar-refractivity contribution in [1.82, 2.24) is 10.2 Å². The number of fused-ring (bicyclic) bond motifs is 3. The number of rotatable bonds is 5. The van der Waals surface area contributed by atoms with E-state index in [4.69, 9.17) is 33.7 Å². The molecule has 6 atom stereocenters. The molecule has 4 heterocycles. The van der Waals surface area contributed by atoms with Crippen molar-refractivity contribution in [3.05, 3.63) is 69.6 Å². The summed E-state index contributed by atoms with van der Waals surface area (Å²) in [4.78, 5) is 48.8. The largest absolute Gasteiger partial charge is 0.495 e. The molecule has 9 nitrogen and oxygen atoms in total. The highest BCUT2D eigenvalue weighted by Crippen LogP contribution is 2.63. The van der Waals surface area contributed by atoms with Crippen LogP contribution >= 0.6 is 23.2 Å². The number of aliphatic imine (C=N–C) groups is 1. The Morgan fingerprint density at radius 2 is 1.98 bits per heavy atom. The molecule has 2 aromatic rings. The standard InChI is InChI=1S/C31H32Cl2FN5O4/c1-30(2,3)12-22-31(17-13-36-23(33)11-19(17)37-29(31)42)24(16-6-5-7-18(32)25(16)34)26-28(41)38(14-39(22)26)20-9-8-15(27(35)40)10-21(20)43-4/h5-11,13,17,19,22,24,26H,12,14H2,1-4H3,(H2,35,40)(H,37,42)/t17?,19?,22-,24-,26+,31+/m0/s1. The van der Waals surface area contributed by atoms with Crippen LogP contribution in [0.2, 0.25) is 5.02 Å². The summed E-state index contributed by atoms with van der Waals surface area (Å²) in [7, 11) is 1.44. The van der Waals surface area contributed by atoms with E-state index in [0.717, 1.165) is 0 Å². The summed E-state index contributed by atoms with van der Waals surface area (Å²) < 4.78 is 21.6. The summed E-state index contributed by atoms with van der Waals surface area (Å²) in [5.41, 5.74) is 4.78. The number of halogens is 3. The topological polar surface area (TPSA) is 117 Å². The summed E-state index contributed by atoms with van der Waals surface area (Å²) in [5, 5.41) is 3.24. The van der Waals surface area contributed by atoms with Crippen LogP contribution in [0.4, 0.5) is 10.1 Å². The van der Waals surface area contributed by atoms with Crippen LogP contribution in [0.1, 0.15) is 49.0 Å². The van der Waals surface area contributed by atoms with Crippen molar-refractivity contribution in [1.29, 1.82) is 0 Å². The molecule has 6 rings (SSSR count). The van der Waals surface area contributed by atoms with Crippen LogP contribution in [-0.2, 0) is 9.59 Å². The lowest BCUT2D eigenvalue weighted by atomic mass is 9.59. The average Bonchev–Trinajstić information content (AvgIpc) is 3.52. The molecule has 12 heteroatoms. The van der Waals surface area contributed by atoms with E-state index in [2.05, 4.69) is 31.1 Å². The monoisotopic (exact) mass is 627 g/mol. The number of nitrogens with one attached hydrogen (secondary N) is 1. The van der Waals surface area contributed by atoms with Gasteiger partial charge in [-0.3, -0.25) is 24.2 Å². The Morgan fingerprint density at radius 1 is 1.23 bits per heavy atom. The highest BCUT2D eigenvalue weighted by molar-refractivity contribution is 6.31. The minimum atomic E-state index is -1.27. The van der Waals surface area contributed by atoms with Crippen LogP contribution in [-0.4, -0.2) is 60.7 Å². The lowest BCUT2D eigenvalue weighted by molar-refractivity contribution is -0.131. The summed E-state index contributed by atoms with van der Waals surface area (Å²) in [6.07, 6.45) is 3.89. The smallest absolute Gasteiger partial charge is 0.248 e. The predicted octanol–water partition coefficient (Wildman–Crippen LogP) is 4.43. The number of nitrogens with two attached hydrogens (primary N) is 1. The van der Waals surface area contributed by atoms with Crippen LogP contribution in [0.25, 0.3) is 0 Å². The molecule has 3 amide bonds. The van der Waals surface area contributed by atoms with Gasteiger partial charge < -0.3 is 15.8 Å². The van der Waals surface area contributed by atoms with Crippen LogP contribution in [0.5, 0.6) is 5.75 Å². The second kappa shape index (κ2) is 10.3. The van der Waals surface area contributed by atoms with Gasteiger partial charge >= 0.3 is 0 Å². The number of hydrogen-bond donors (Lipinski definition) is 2. The van der Waals surface area contributed by atoms with Gasteiger partial charge in [-0.1, -0.05) is 56.1 Å². The first kappa shape index (κ1) is 29.6. The number of amides is 3. The van der Waals surface area contributed by atoms with E-state index in [1.54, 1.807) is 35.4 Å². The summed E-state index contributed by atoms with van der Waals surface area (Å²) >= 11 is 12.6. The fourth-order valence-corrected chi connectivity index (χ4v) is 7.91. The van der Waals surface area contributed by atoms with E-state index in [-0.39, 0.29) is 51.0 Å². The van der Waals surface area contributed by atoms with Gasteiger partial charge in [0.25, 0.3) is 0 Å². The molecule has 3 N–H and O–H groups in total. The Kier molecular flexibility index (Phi) is 7.10. The zero-order valence-corrected chi connectivity index (χ0v) is 25.6. The molecule has 0 aromatic heterocycles. The average molecular weight is 629 g/mol. The van der Waals surface area contributed by atoms with E-state index >= 15 is 4.39 Å². The number of primary amides is 1. The second-order valence-corrected chi connectivity index (χ2v) is 13.5. The summed E-state index contributed by atoms with van der Waals surface area (Å²) in [5.74, 6) is -3.05. The van der Waals surface area contributed by atoms with Crippen LogP contribution in [0.3, 0.4) is 0 Å². The van der Waals surface area contributed by atoms with Crippen molar-refractivity contribution in [2.45, 2.75) is 51.2 Å². The van der Waals surface area contributed by atoms with E-state index in [1.807, 2.05) is 4.90 Å². The first-order chi connectivity index (χ1) is 20.3. The minimum absolute atomic E-state index is 0.0975. The molecule has 0 aliphatic carbocycles. The predicted molar refractivity (Wildman–Crippen MR) is 162 cm³/mol. The highest BCUT2D eigenvalue weighted by Gasteiger charge is 2.74. The van der Waals surface area contributed by atoms with Gasteiger partial charge in [-0.05, 0) is 47.7 Å². The molecule has 0 bridgehead atoms. The number of carbonyl (C=O) groups excluding carboxylic acids is 3. The highest BCUT2D eigenvalue weighted by atomic mass is 35.5. The van der Waals surface area contributed by atoms with Gasteiger partial charge in [0.05, 0.1) is 42.0 Å². The molecule has 4 aliphatic rings. The summed E-state index contributed by atoms with van der Waals surface area (Å²) in [6.45, 7) is 6.32. The Bertz CT molecular complexity index is 1610. The van der Waals surface area contributed by atoms with Gasteiger partial charge in [0.2, 0.25) is 17.7 Å². The SMILES string of the molecule is COc1cc(C(N)=O)ccc1N1CN2[C@@H](CC(C)(C)C)[C@@]3(C(=O)NC4C=C(Cl)N=CC43)[C@@H](c3cccc(Cl)c3F)[C@@H]2C1=O. The number of nitrogens with zero attached hydrogens (tertiary/aromatic N) is 3. The maximum atomic E-state index is 16.1. The molecule has 2 aromatic carbocycles. The maximum Gasteiger partial charge on any atom is 0.248 e. The molecule has 2 unspecified atom stereocenters. The zero-order valence-electron chi connectivity index (χ0n) is 24.1. The molecule has 0 radical (unpaired) electrons. The Hall–Kier alpha value is -3.47. The first-order valence-corrected chi connectivity index (χ1v) is 14.8. The number of methoxy groups -OCH3 is 1. The third kappa shape index (κ3) is 4.45. The van der Waals surface area contributed by atoms with E-state index in [0.29, 0.717) is 12.1 Å². The van der Waals surface area contributed by atoms with Crippen molar-refractivity contribution in [2.24, 2.45) is 27.5 Å². The van der Waals surface area contributed by atoms with Crippen molar-refractivity contribution >= 4 is 52.8 Å². The molecule has 1 spiro atoms. The number of hydrogen-bond acceptors (Lipinski definition) is 6. The van der Waals surface area contributed by atoms with Gasteiger partial charge in [0, 0.05) is 29.7 Å². The lowest BCUT2D eigenvalue weighted by Crippen LogP contribution is -2.53. The van der Waals surface area contributed by atoms with Gasteiger partial charge in [0.1, 0.15) is 16.7 Å². The fourth-order valence-electron chi connectivity index (χ4n) is 7.54. The third-order valence-corrected chi connectivity index (χ3v) is 9.66. The second-order valence-electron chi connectivity index (χ2n) is 12.7. The van der Waals surface area contributed by atoms with Crippen molar-refractivity contribution in [3.63, 3.8) is 0 Å². The fraction of sp³-hybridized carbons (Fsp3) is 0.419. The van der Waals surface area contributed by atoms with Crippen molar-refractivity contribution in [3.8, 4) is 5.75 Å². The maximum absolute atomic E-state index is 16.1. The lowest BCUT2D eigenvalue weighted by Gasteiger charge is -2.43. The molecular formula is C31H32Cl2FN5O4. The molecular weight excluding hydrogens is 596 g/mol. The van der Waals surface area contributed by atoms with E-state index in [1.165, 1.54) is 25.3 Å². The van der Waals surface area contributed by atoms with E-state index in [9.17, 15) is 14.4 Å². The summed E-state index contributed by atoms with van der Waals surface area (Å²) in [6, 6.07) is 7.42. The minimum Gasteiger partial charge on any atom is -0.495 e. The normalized spacial score (nSPS) is 30.0. The quantitative estimate of drug-likeness (QED) is 0.476. The van der Waals surface area contributed by atoms with Gasteiger partial charge in [-0.2, -0.15) is 0 Å². The van der Waals surface area contributed by atoms with Crippen LogP contribution in [0, 0.1) is 22.6 Å². The van der Waals surface area contributed by atoms with Gasteiger partial charge in [0.15, 0.2) is 0 Å². The number of carbonyl (C=O) groups is 3. The van der Waals surface area contributed by atoms with Gasteiger partial charge in [-0.15, -0.1) is 0 Å². The van der Waals surface area contributed by atoms with Crippen LogP contribution < -0.4 is 20.7 Å². The van der Waals surface area contributed by atoms with Crippen LogP contribution in [0.15, 0.2) is 52.6 Å². The molecule has 3 saturated heterocycles. The Morgan fingerprint density at radius 3 is 2.65 bits per heavy atom. The first-order valence-electron chi connectivity index (χ1n) is 14.0. The molecule has 4 aliphatic heterocycles. The Labute approximate surface area is 258 Å². The molecule has 3 fully saturated rings. The molecule has 0 saturated carbocycles. The zero-order chi connectivity index (χ0) is 31.0. The number of ether oxygens (including phenoxy) is 1. The number of anilines is 1. The third-order valence-electron chi connectivity index (χ3n) is 9.15.